The van der Waals surface area contributed by atoms with E-state index in [-0.39, 0.29) is 16.0 Å². The Morgan fingerprint density at radius 1 is 1.50 bits per heavy atom. The second kappa shape index (κ2) is 6.27. The summed E-state index contributed by atoms with van der Waals surface area (Å²) >= 11 is 9.11. The van der Waals surface area contributed by atoms with Crippen molar-refractivity contribution in [2.45, 2.75) is 30.8 Å². The Bertz CT molecular complexity index is 586. The summed E-state index contributed by atoms with van der Waals surface area (Å²) in [6.45, 7) is 2.52. The molecular weight excluding hydrogens is 368 g/mol. The number of sulfonamides is 1. The predicted octanol–water partition coefficient (Wildman–Crippen LogP) is 2.28. The van der Waals surface area contributed by atoms with Gasteiger partial charge in [-0.2, -0.15) is 4.31 Å². The van der Waals surface area contributed by atoms with Crippen molar-refractivity contribution in [3.63, 3.8) is 0 Å². The number of rotatable bonds is 3. The fourth-order valence-electron chi connectivity index (χ4n) is 2.32. The summed E-state index contributed by atoms with van der Waals surface area (Å²) in [5, 5.41) is 9.54. The lowest BCUT2D eigenvalue weighted by Gasteiger charge is -2.32. The number of pyridine rings is 1. The minimum Gasteiger partial charge on any atom is -0.393 e. The van der Waals surface area contributed by atoms with E-state index in [1.54, 1.807) is 6.92 Å². The third-order valence-corrected chi connectivity index (χ3v) is 6.33. The summed E-state index contributed by atoms with van der Waals surface area (Å²) in [6.07, 6.45) is 2.35. The number of nitrogens with zero attached hydrogens (tertiary/aromatic N) is 2. The standard InChI is InChI=1S/C12H16BrClN2O3S/c1-8(17)9-2-4-16(5-3-9)20(18,19)11-6-10(13)7-15-12(11)14/h6-9,17H,2-5H2,1H3. The minimum absolute atomic E-state index is 0.0176. The third-order valence-electron chi connectivity index (χ3n) is 3.57. The molecule has 0 aromatic carbocycles. The van der Waals surface area contributed by atoms with Crippen molar-refractivity contribution in [1.29, 1.82) is 0 Å². The molecule has 112 valence electrons. The number of aliphatic hydroxyl groups is 1. The van der Waals surface area contributed by atoms with Crippen LogP contribution in [0.15, 0.2) is 21.6 Å². The molecule has 0 aliphatic carbocycles. The highest BCUT2D eigenvalue weighted by atomic mass is 79.9. The van der Waals surface area contributed by atoms with Gasteiger partial charge in [0.25, 0.3) is 0 Å². The van der Waals surface area contributed by atoms with Gasteiger partial charge in [-0.1, -0.05) is 11.6 Å². The van der Waals surface area contributed by atoms with E-state index >= 15 is 0 Å². The minimum atomic E-state index is -3.64. The van der Waals surface area contributed by atoms with Crippen molar-refractivity contribution in [2.75, 3.05) is 13.1 Å². The maximum absolute atomic E-state index is 12.6. The molecule has 2 rings (SSSR count). The van der Waals surface area contributed by atoms with Gasteiger partial charge in [0.05, 0.1) is 6.10 Å². The molecule has 1 aliphatic heterocycles. The summed E-state index contributed by atoms with van der Waals surface area (Å²) in [5.41, 5.74) is 0. The average molecular weight is 384 g/mol. The number of aliphatic hydroxyl groups excluding tert-OH is 1. The Morgan fingerprint density at radius 2 is 2.10 bits per heavy atom. The molecule has 0 spiro atoms. The van der Waals surface area contributed by atoms with E-state index in [1.807, 2.05) is 0 Å². The van der Waals surface area contributed by atoms with Crippen LogP contribution in [0.2, 0.25) is 5.15 Å². The molecule has 1 saturated heterocycles. The van der Waals surface area contributed by atoms with Crippen LogP contribution in [0.3, 0.4) is 0 Å². The summed E-state index contributed by atoms with van der Waals surface area (Å²) in [5.74, 6) is 0.151. The Morgan fingerprint density at radius 3 is 2.65 bits per heavy atom. The van der Waals surface area contributed by atoms with Crippen molar-refractivity contribution < 1.29 is 13.5 Å². The highest BCUT2D eigenvalue weighted by Crippen LogP contribution is 2.29. The normalized spacial score (nSPS) is 20.0. The van der Waals surface area contributed by atoms with Crippen molar-refractivity contribution in [3.8, 4) is 0 Å². The van der Waals surface area contributed by atoms with Gasteiger partial charge in [0.2, 0.25) is 10.0 Å². The molecule has 1 atom stereocenters. The number of piperidine rings is 1. The fraction of sp³-hybridized carbons (Fsp3) is 0.583. The van der Waals surface area contributed by atoms with Crippen molar-refractivity contribution in [1.82, 2.24) is 9.29 Å². The molecule has 1 aromatic heterocycles. The number of hydrogen-bond acceptors (Lipinski definition) is 4. The zero-order chi connectivity index (χ0) is 14.9. The van der Waals surface area contributed by atoms with E-state index < -0.39 is 16.1 Å². The molecule has 0 radical (unpaired) electrons. The quantitative estimate of drug-likeness (QED) is 0.813. The van der Waals surface area contributed by atoms with E-state index in [1.165, 1.54) is 16.6 Å². The van der Waals surface area contributed by atoms with Gasteiger partial charge in [-0.05, 0) is 47.7 Å². The van der Waals surface area contributed by atoms with Crippen LogP contribution in [0, 0.1) is 5.92 Å². The summed E-state index contributed by atoms with van der Waals surface area (Å²) in [7, 11) is -3.64. The Kier molecular flexibility index (Phi) is 5.07. The second-order valence-corrected chi connectivity index (χ2v) is 8.10. The van der Waals surface area contributed by atoms with E-state index in [0.29, 0.717) is 30.4 Å². The maximum Gasteiger partial charge on any atom is 0.246 e. The first kappa shape index (κ1) is 16.2. The highest BCUT2D eigenvalue weighted by molar-refractivity contribution is 9.10. The molecule has 2 heterocycles. The predicted molar refractivity (Wildman–Crippen MR) is 80.1 cm³/mol. The molecule has 0 bridgehead atoms. The monoisotopic (exact) mass is 382 g/mol. The van der Waals surface area contributed by atoms with E-state index in [4.69, 9.17) is 11.6 Å². The van der Waals surface area contributed by atoms with Crippen LogP contribution in [0.1, 0.15) is 19.8 Å². The van der Waals surface area contributed by atoms with Crippen LogP contribution >= 0.6 is 27.5 Å². The Balaban J connectivity index is 2.22. The molecule has 1 fully saturated rings. The lowest BCUT2D eigenvalue weighted by Crippen LogP contribution is -2.40. The molecule has 1 unspecified atom stereocenters. The topological polar surface area (TPSA) is 70.5 Å². The van der Waals surface area contributed by atoms with Gasteiger partial charge in [-0.15, -0.1) is 0 Å². The molecule has 1 aliphatic rings. The first-order chi connectivity index (χ1) is 9.32. The SMILES string of the molecule is CC(O)C1CCN(S(=O)(=O)c2cc(Br)cnc2Cl)CC1. The largest absolute Gasteiger partial charge is 0.393 e. The molecule has 1 aromatic rings. The molecule has 8 heteroatoms. The maximum atomic E-state index is 12.6. The van der Waals surface area contributed by atoms with Gasteiger partial charge >= 0.3 is 0 Å². The molecular formula is C12H16BrClN2O3S. The third kappa shape index (κ3) is 3.33. The average Bonchev–Trinajstić information content (AvgIpc) is 2.41. The van der Waals surface area contributed by atoms with Gasteiger partial charge in [0, 0.05) is 23.8 Å². The number of aromatic nitrogens is 1. The van der Waals surface area contributed by atoms with Crippen LogP contribution in [0.5, 0.6) is 0 Å². The lowest BCUT2D eigenvalue weighted by molar-refractivity contribution is 0.0912. The molecule has 0 saturated carbocycles. The van der Waals surface area contributed by atoms with Gasteiger partial charge in [0.1, 0.15) is 10.0 Å². The van der Waals surface area contributed by atoms with Crippen molar-refractivity contribution in [3.05, 3.63) is 21.9 Å². The smallest absolute Gasteiger partial charge is 0.246 e. The van der Waals surface area contributed by atoms with Crippen molar-refractivity contribution >= 4 is 37.6 Å². The van der Waals surface area contributed by atoms with Gasteiger partial charge in [-0.3, -0.25) is 0 Å². The van der Waals surface area contributed by atoms with Gasteiger partial charge in [0.15, 0.2) is 0 Å². The van der Waals surface area contributed by atoms with E-state index in [2.05, 4.69) is 20.9 Å². The zero-order valence-electron chi connectivity index (χ0n) is 11.0. The van der Waals surface area contributed by atoms with Crippen LogP contribution < -0.4 is 0 Å². The number of hydrogen-bond donors (Lipinski definition) is 1. The number of halogens is 2. The molecule has 0 amide bonds. The molecule has 1 N–H and O–H groups in total. The zero-order valence-corrected chi connectivity index (χ0v) is 14.1. The van der Waals surface area contributed by atoms with E-state index in [9.17, 15) is 13.5 Å². The fourth-order valence-corrected chi connectivity index (χ4v) is 4.71. The van der Waals surface area contributed by atoms with Gasteiger partial charge in [-0.25, -0.2) is 13.4 Å². The highest BCUT2D eigenvalue weighted by Gasteiger charge is 2.32. The Labute approximate surface area is 132 Å². The second-order valence-electron chi connectivity index (χ2n) is 4.92. The van der Waals surface area contributed by atoms with Crippen LogP contribution in [0.4, 0.5) is 0 Å². The van der Waals surface area contributed by atoms with Crippen LogP contribution in [0.25, 0.3) is 0 Å². The summed E-state index contributed by atoms with van der Waals surface area (Å²) < 4.78 is 27.1. The van der Waals surface area contributed by atoms with Crippen LogP contribution in [-0.4, -0.2) is 42.0 Å². The first-order valence-electron chi connectivity index (χ1n) is 6.31. The summed E-state index contributed by atoms with van der Waals surface area (Å²) in [6, 6.07) is 1.46. The lowest BCUT2D eigenvalue weighted by atomic mass is 9.93. The Hall–Kier alpha value is -0.210. The van der Waals surface area contributed by atoms with Crippen molar-refractivity contribution in [2.24, 2.45) is 5.92 Å². The van der Waals surface area contributed by atoms with Gasteiger partial charge < -0.3 is 5.11 Å². The first-order valence-corrected chi connectivity index (χ1v) is 8.92. The molecule has 5 nitrogen and oxygen atoms in total. The summed E-state index contributed by atoms with van der Waals surface area (Å²) in [4.78, 5) is 3.87. The molecule has 20 heavy (non-hydrogen) atoms. The van der Waals surface area contributed by atoms with Crippen LogP contribution in [-0.2, 0) is 10.0 Å². The van der Waals surface area contributed by atoms with E-state index in [0.717, 1.165) is 0 Å².